The van der Waals surface area contributed by atoms with Gasteiger partial charge in [0.2, 0.25) is 0 Å². The minimum absolute atomic E-state index is 0.0426. The average molecular weight is 403 g/mol. The standard InChI is InChI=1S/C20H19ClN2O3S/c1-27-10-9-18(23-19(24)16-5-7-17(21)8-6-16)20(25)26-13-15-4-2-3-14(11-15)12-22/h2-8,11,18H,9-10,13H2,1H3,(H,23,24)/t18-/m1/s1. The molecule has 0 fully saturated rings. The SMILES string of the molecule is CSCC[C@@H](NC(=O)c1ccc(Cl)cc1)C(=O)OCc1cccc(C#N)c1. The first kappa shape index (κ1) is 20.8. The number of amides is 1. The lowest BCUT2D eigenvalue weighted by Crippen LogP contribution is -2.42. The Hall–Kier alpha value is -2.49. The normalized spacial score (nSPS) is 11.3. The molecule has 0 spiro atoms. The predicted octanol–water partition coefficient (Wildman–Crippen LogP) is 3.81. The number of nitrogens with zero attached hydrogens (tertiary/aromatic N) is 1. The molecule has 0 saturated heterocycles. The molecule has 0 aliphatic carbocycles. The van der Waals surface area contributed by atoms with Crippen LogP contribution in [0.25, 0.3) is 0 Å². The van der Waals surface area contributed by atoms with Crippen LogP contribution in [-0.2, 0) is 16.1 Å². The lowest BCUT2D eigenvalue weighted by molar-refractivity contribution is -0.147. The van der Waals surface area contributed by atoms with E-state index in [1.54, 1.807) is 60.3 Å². The van der Waals surface area contributed by atoms with Gasteiger partial charge in [0, 0.05) is 10.6 Å². The minimum Gasteiger partial charge on any atom is -0.459 e. The maximum absolute atomic E-state index is 12.5. The number of carbonyl (C=O) groups is 2. The maximum Gasteiger partial charge on any atom is 0.329 e. The van der Waals surface area contributed by atoms with Crippen molar-refractivity contribution < 1.29 is 14.3 Å². The number of thioether (sulfide) groups is 1. The van der Waals surface area contributed by atoms with E-state index in [1.165, 1.54) is 0 Å². The topological polar surface area (TPSA) is 79.2 Å². The van der Waals surface area contributed by atoms with Crippen molar-refractivity contribution in [3.63, 3.8) is 0 Å². The van der Waals surface area contributed by atoms with Gasteiger partial charge in [-0.3, -0.25) is 4.79 Å². The Balaban J connectivity index is 2.00. The maximum atomic E-state index is 12.5. The summed E-state index contributed by atoms with van der Waals surface area (Å²) in [6.07, 6.45) is 2.38. The van der Waals surface area contributed by atoms with Crippen LogP contribution < -0.4 is 5.32 Å². The van der Waals surface area contributed by atoms with Gasteiger partial charge >= 0.3 is 5.97 Å². The highest BCUT2D eigenvalue weighted by atomic mass is 35.5. The van der Waals surface area contributed by atoms with Crippen molar-refractivity contribution in [1.29, 1.82) is 5.26 Å². The van der Waals surface area contributed by atoms with Crippen LogP contribution in [0.5, 0.6) is 0 Å². The molecule has 0 heterocycles. The first-order valence-corrected chi connectivity index (χ1v) is 10.0. The van der Waals surface area contributed by atoms with Gasteiger partial charge in [0.15, 0.2) is 0 Å². The Kier molecular flexibility index (Phi) is 8.18. The molecule has 5 nitrogen and oxygen atoms in total. The number of nitriles is 1. The van der Waals surface area contributed by atoms with Crippen LogP contribution >= 0.6 is 23.4 Å². The molecule has 0 aliphatic rings. The van der Waals surface area contributed by atoms with Crippen molar-refractivity contribution in [2.75, 3.05) is 12.0 Å². The summed E-state index contributed by atoms with van der Waals surface area (Å²) in [5.41, 5.74) is 1.64. The summed E-state index contributed by atoms with van der Waals surface area (Å²) in [4.78, 5) is 24.9. The van der Waals surface area contributed by atoms with E-state index in [9.17, 15) is 9.59 Å². The van der Waals surface area contributed by atoms with Crippen molar-refractivity contribution in [1.82, 2.24) is 5.32 Å². The molecule has 0 bridgehead atoms. The fourth-order valence-electron chi connectivity index (χ4n) is 2.31. The van der Waals surface area contributed by atoms with E-state index < -0.39 is 12.0 Å². The molecule has 2 aromatic carbocycles. The lowest BCUT2D eigenvalue weighted by atomic mass is 10.1. The van der Waals surface area contributed by atoms with Gasteiger partial charge in [0.1, 0.15) is 12.6 Å². The highest BCUT2D eigenvalue weighted by Gasteiger charge is 2.22. The Bertz CT molecular complexity index is 834. The molecule has 27 heavy (non-hydrogen) atoms. The highest BCUT2D eigenvalue weighted by Crippen LogP contribution is 2.12. The van der Waals surface area contributed by atoms with Crippen molar-refractivity contribution in [2.45, 2.75) is 19.1 Å². The van der Waals surface area contributed by atoms with Gasteiger partial charge in [-0.15, -0.1) is 0 Å². The molecule has 7 heteroatoms. The van der Waals surface area contributed by atoms with Crippen LogP contribution in [0.2, 0.25) is 5.02 Å². The minimum atomic E-state index is -0.750. The van der Waals surface area contributed by atoms with Gasteiger partial charge < -0.3 is 10.1 Å². The summed E-state index contributed by atoms with van der Waals surface area (Å²) >= 11 is 7.41. The Labute approximate surface area is 167 Å². The third kappa shape index (κ3) is 6.63. The van der Waals surface area contributed by atoms with Crippen molar-refractivity contribution in [2.24, 2.45) is 0 Å². The summed E-state index contributed by atoms with van der Waals surface area (Å²) in [7, 11) is 0. The van der Waals surface area contributed by atoms with E-state index in [4.69, 9.17) is 21.6 Å². The Morgan fingerprint density at radius 3 is 2.67 bits per heavy atom. The molecule has 0 saturated carbocycles. The van der Waals surface area contributed by atoms with Crippen molar-refractivity contribution in [3.8, 4) is 6.07 Å². The molecular formula is C20H19ClN2O3S. The second-order valence-electron chi connectivity index (χ2n) is 5.73. The first-order chi connectivity index (χ1) is 13.0. The molecule has 0 radical (unpaired) electrons. The molecule has 1 atom stereocenters. The zero-order valence-corrected chi connectivity index (χ0v) is 16.3. The monoisotopic (exact) mass is 402 g/mol. The number of hydrogen-bond acceptors (Lipinski definition) is 5. The Morgan fingerprint density at radius 2 is 2.00 bits per heavy atom. The number of ether oxygens (including phenoxy) is 1. The number of hydrogen-bond donors (Lipinski definition) is 1. The predicted molar refractivity (Wildman–Crippen MR) is 107 cm³/mol. The van der Waals surface area contributed by atoms with Gasteiger partial charge in [-0.1, -0.05) is 23.7 Å². The number of rotatable bonds is 8. The van der Waals surface area contributed by atoms with Crippen LogP contribution in [0.3, 0.4) is 0 Å². The summed E-state index contributed by atoms with van der Waals surface area (Å²) in [5, 5.41) is 12.2. The summed E-state index contributed by atoms with van der Waals surface area (Å²) in [6.45, 7) is 0.0426. The summed E-state index contributed by atoms with van der Waals surface area (Å²) in [6, 6.07) is 14.6. The van der Waals surface area contributed by atoms with E-state index in [1.807, 2.05) is 12.3 Å². The van der Waals surface area contributed by atoms with Crippen LogP contribution in [0.4, 0.5) is 0 Å². The molecule has 0 aromatic heterocycles. The van der Waals surface area contributed by atoms with Gasteiger partial charge in [0.25, 0.3) is 5.91 Å². The zero-order chi connectivity index (χ0) is 19.6. The second kappa shape index (κ2) is 10.6. The largest absolute Gasteiger partial charge is 0.459 e. The third-order valence-corrected chi connectivity index (χ3v) is 4.64. The molecular weight excluding hydrogens is 384 g/mol. The number of esters is 1. The van der Waals surface area contributed by atoms with Gasteiger partial charge in [-0.2, -0.15) is 17.0 Å². The van der Waals surface area contributed by atoms with E-state index in [0.29, 0.717) is 28.3 Å². The molecule has 0 aliphatic heterocycles. The summed E-state index contributed by atoms with van der Waals surface area (Å²) in [5.74, 6) is -0.167. The fraction of sp³-hybridized carbons (Fsp3) is 0.250. The Morgan fingerprint density at radius 1 is 1.26 bits per heavy atom. The molecule has 140 valence electrons. The quantitative estimate of drug-likeness (QED) is 0.679. The summed E-state index contributed by atoms with van der Waals surface area (Å²) < 4.78 is 5.35. The number of carbonyl (C=O) groups excluding carboxylic acids is 2. The number of benzene rings is 2. The van der Waals surface area contributed by atoms with E-state index >= 15 is 0 Å². The van der Waals surface area contributed by atoms with Crippen LogP contribution in [0.1, 0.15) is 27.9 Å². The second-order valence-corrected chi connectivity index (χ2v) is 7.16. The van der Waals surface area contributed by atoms with Crippen LogP contribution in [0, 0.1) is 11.3 Å². The lowest BCUT2D eigenvalue weighted by Gasteiger charge is -2.17. The van der Waals surface area contributed by atoms with Gasteiger partial charge in [-0.25, -0.2) is 4.79 Å². The molecule has 1 N–H and O–H groups in total. The first-order valence-electron chi connectivity index (χ1n) is 8.24. The van der Waals surface area contributed by atoms with Gasteiger partial charge in [0.05, 0.1) is 11.6 Å². The fourth-order valence-corrected chi connectivity index (χ4v) is 2.91. The van der Waals surface area contributed by atoms with Crippen LogP contribution in [-0.4, -0.2) is 29.9 Å². The average Bonchev–Trinajstić information content (AvgIpc) is 2.69. The van der Waals surface area contributed by atoms with Crippen molar-refractivity contribution in [3.05, 3.63) is 70.2 Å². The highest BCUT2D eigenvalue weighted by molar-refractivity contribution is 7.98. The van der Waals surface area contributed by atoms with Crippen molar-refractivity contribution >= 4 is 35.2 Å². The molecule has 2 rings (SSSR count). The number of nitrogens with one attached hydrogen (secondary N) is 1. The zero-order valence-electron chi connectivity index (χ0n) is 14.8. The third-order valence-electron chi connectivity index (χ3n) is 3.74. The van der Waals surface area contributed by atoms with E-state index in [-0.39, 0.29) is 12.5 Å². The van der Waals surface area contributed by atoms with Gasteiger partial charge in [-0.05, 0) is 60.4 Å². The number of halogens is 1. The molecule has 1 amide bonds. The van der Waals surface area contributed by atoms with E-state index in [0.717, 1.165) is 5.56 Å². The van der Waals surface area contributed by atoms with Crippen LogP contribution in [0.15, 0.2) is 48.5 Å². The molecule has 0 unspecified atom stereocenters. The molecule has 2 aromatic rings. The smallest absolute Gasteiger partial charge is 0.329 e. The van der Waals surface area contributed by atoms with E-state index in [2.05, 4.69) is 5.32 Å².